The van der Waals surface area contributed by atoms with Gasteiger partial charge in [-0.15, -0.1) is 11.3 Å². The van der Waals surface area contributed by atoms with Gasteiger partial charge in [0.05, 0.1) is 6.42 Å². The van der Waals surface area contributed by atoms with Gasteiger partial charge in [0.1, 0.15) is 4.21 Å². The van der Waals surface area contributed by atoms with Crippen LogP contribution in [0.2, 0.25) is 0 Å². The first-order valence-corrected chi connectivity index (χ1v) is 10.8. The Morgan fingerprint density at radius 3 is 2.00 bits per heavy atom. The standard InChI is InChI=1S/C19H18N4O4S2/c20-19(25)22-15-9-7-14(8-10-15)21-17(24)12-13-3-5-16(6-4-13)23-29(26,27)18-2-1-11-28-18/h1-11,23H,12H2,(H,21,24)(H3,20,22,25). The van der Waals surface area contributed by atoms with E-state index < -0.39 is 16.1 Å². The molecule has 3 aromatic rings. The number of carbonyl (C=O) groups excluding carboxylic acids is 2. The molecule has 0 spiro atoms. The fourth-order valence-electron chi connectivity index (χ4n) is 2.48. The van der Waals surface area contributed by atoms with Crippen molar-refractivity contribution < 1.29 is 18.0 Å². The van der Waals surface area contributed by atoms with Crippen LogP contribution in [0.1, 0.15) is 5.56 Å². The van der Waals surface area contributed by atoms with E-state index in [1.165, 1.54) is 6.07 Å². The van der Waals surface area contributed by atoms with Gasteiger partial charge in [-0.2, -0.15) is 0 Å². The summed E-state index contributed by atoms with van der Waals surface area (Å²) in [6.07, 6.45) is 0.124. The number of benzene rings is 2. The van der Waals surface area contributed by atoms with E-state index >= 15 is 0 Å². The van der Waals surface area contributed by atoms with Crippen molar-refractivity contribution >= 4 is 50.4 Å². The first-order valence-electron chi connectivity index (χ1n) is 8.43. The Kier molecular flexibility index (Phi) is 6.15. The van der Waals surface area contributed by atoms with E-state index in [4.69, 9.17) is 5.73 Å². The predicted octanol–water partition coefficient (Wildman–Crippen LogP) is 3.22. The Labute approximate surface area is 171 Å². The van der Waals surface area contributed by atoms with Gasteiger partial charge < -0.3 is 16.4 Å². The second kappa shape index (κ2) is 8.76. The third-order valence-corrected chi connectivity index (χ3v) is 6.55. The van der Waals surface area contributed by atoms with Crippen molar-refractivity contribution in [2.45, 2.75) is 10.6 Å². The summed E-state index contributed by atoms with van der Waals surface area (Å²) < 4.78 is 27.2. The monoisotopic (exact) mass is 430 g/mol. The van der Waals surface area contributed by atoms with Crippen LogP contribution >= 0.6 is 11.3 Å². The fraction of sp³-hybridized carbons (Fsp3) is 0.0526. The Balaban J connectivity index is 1.56. The van der Waals surface area contributed by atoms with Crippen molar-refractivity contribution in [2.75, 3.05) is 15.4 Å². The average Bonchev–Trinajstić information content (AvgIpc) is 3.20. The lowest BCUT2D eigenvalue weighted by Gasteiger charge is -2.09. The molecule has 0 aliphatic carbocycles. The van der Waals surface area contributed by atoms with Crippen molar-refractivity contribution in [3.05, 3.63) is 71.6 Å². The van der Waals surface area contributed by atoms with Gasteiger partial charge in [0.15, 0.2) is 0 Å². The minimum atomic E-state index is -3.60. The topological polar surface area (TPSA) is 130 Å². The molecule has 0 atom stereocenters. The molecule has 29 heavy (non-hydrogen) atoms. The van der Waals surface area contributed by atoms with Crippen LogP contribution in [-0.2, 0) is 21.2 Å². The highest BCUT2D eigenvalue weighted by Gasteiger charge is 2.15. The number of hydrogen-bond donors (Lipinski definition) is 4. The van der Waals surface area contributed by atoms with E-state index in [9.17, 15) is 18.0 Å². The highest BCUT2D eigenvalue weighted by molar-refractivity contribution is 7.94. The summed E-state index contributed by atoms with van der Waals surface area (Å²) >= 11 is 1.13. The van der Waals surface area contributed by atoms with E-state index in [1.54, 1.807) is 60.0 Å². The van der Waals surface area contributed by atoms with Gasteiger partial charge in [0.25, 0.3) is 10.0 Å². The molecule has 0 bridgehead atoms. The van der Waals surface area contributed by atoms with Gasteiger partial charge in [0, 0.05) is 17.1 Å². The van der Waals surface area contributed by atoms with Gasteiger partial charge in [-0.1, -0.05) is 18.2 Å². The summed E-state index contributed by atoms with van der Waals surface area (Å²) in [6, 6.07) is 15.7. The molecular weight excluding hydrogens is 412 g/mol. The number of sulfonamides is 1. The Morgan fingerprint density at radius 2 is 1.45 bits per heavy atom. The zero-order chi connectivity index (χ0) is 20.9. The van der Waals surface area contributed by atoms with Crippen LogP contribution in [0.4, 0.5) is 21.9 Å². The van der Waals surface area contributed by atoms with Crippen LogP contribution in [0.3, 0.4) is 0 Å². The van der Waals surface area contributed by atoms with Gasteiger partial charge in [-0.25, -0.2) is 13.2 Å². The van der Waals surface area contributed by atoms with Crippen LogP contribution in [0.5, 0.6) is 0 Å². The van der Waals surface area contributed by atoms with Crippen molar-refractivity contribution in [1.82, 2.24) is 0 Å². The molecule has 0 saturated carbocycles. The van der Waals surface area contributed by atoms with Crippen LogP contribution in [-0.4, -0.2) is 20.4 Å². The highest BCUT2D eigenvalue weighted by atomic mass is 32.2. The molecule has 1 aromatic heterocycles. The van der Waals surface area contributed by atoms with Crippen molar-refractivity contribution in [3.63, 3.8) is 0 Å². The van der Waals surface area contributed by atoms with Crippen LogP contribution in [0, 0.1) is 0 Å². The number of rotatable bonds is 7. The first-order chi connectivity index (χ1) is 13.8. The number of urea groups is 1. The summed E-state index contributed by atoms with van der Waals surface area (Å²) in [7, 11) is -3.60. The smallest absolute Gasteiger partial charge is 0.316 e. The molecule has 0 unspecified atom stereocenters. The Morgan fingerprint density at radius 1 is 0.862 bits per heavy atom. The van der Waals surface area contributed by atoms with Crippen LogP contribution in [0.15, 0.2) is 70.3 Å². The number of primary amides is 1. The minimum Gasteiger partial charge on any atom is -0.351 e. The molecule has 2 aromatic carbocycles. The molecular formula is C19H18N4O4S2. The van der Waals surface area contributed by atoms with E-state index in [-0.39, 0.29) is 16.5 Å². The highest BCUT2D eigenvalue weighted by Crippen LogP contribution is 2.21. The van der Waals surface area contributed by atoms with Crippen LogP contribution in [0.25, 0.3) is 0 Å². The Bertz CT molecular complexity index is 1090. The lowest BCUT2D eigenvalue weighted by Crippen LogP contribution is -2.19. The quantitative estimate of drug-likeness (QED) is 0.458. The van der Waals surface area contributed by atoms with Crippen molar-refractivity contribution in [3.8, 4) is 0 Å². The number of nitrogens with two attached hydrogens (primary N) is 1. The molecule has 8 nitrogen and oxygen atoms in total. The van der Waals surface area contributed by atoms with E-state index in [0.717, 1.165) is 16.9 Å². The number of hydrogen-bond acceptors (Lipinski definition) is 5. The molecule has 3 rings (SSSR count). The van der Waals surface area contributed by atoms with E-state index in [2.05, 4.69) is 15.4 Å². The average molecular weight is 431 g/mol. The second-order valence-corrected chi connectivity index (χ2v) is 8.88. The molecule has 0 radical (unpaired) electrons. The molecule has 1 heterocycles. The molecule has 10 heteroatoms. The summed E-state index contributed by atoms with van der Waals surface area (Å²) in [5.41, 5.74) is 7.29. The lowest BCUT2D eigenvalue weighted by molar-refractivity contribution is -0.115. The van der Waals surface area contributed by atoms with E-state index in [1.807, 2.05) is 0 Å². The van der Waals surface area contributed by atoms with E-state index in [0.29, 0.717) is 17.1 Å². The normalized spacial score (nSPS) is 10.9. The summed E-state index contributed by atoms with van der Waals surface area (Å²) in [6.45, 7) is 0. The summed E-state index contributed by atoms with van der Waals surface area (Å²) in [5, 5.41) is 6.88. The summed E-state index contributed by atoms with van der Waals surface area (Å²) in [4.78, 5) is 23.0. The second-order valence-electron chi connectivity index (χ2n) is 6.03. The molecule has 5 N–H and O–H groups in total. The van der Waals surface area contributed by atoms with Crippen molar-refractivity contribution in [1.29, 1.82) is 0 Å². The fourth-order valence-corrected chi connectivity index (χ4v) is 4.53. The number of anilines is 3. The molecule has 0 saturated heterocycles. The molecule has 0 fully saturated rings. The largest absolute Gasteiger partial charge is 0.351 e. The van der Waals surface area contributed by atoms with Gasteiger partial charge in [-0.05, 0) is 53.4 Å². The third-order valence-electron chi connectivity index (χ3n) is 3.77. The number of amides is 3. The third kappa shape index (κ3) is 5.80. The summed E-state index contributed by atoms with van der Waals surface area (Å²) in [5.74, 6) is -0.229. The van der Waals surface area contributed by atoms with Gasteiger partial charge in [-0.3, -0.25) is 9.52 Å². The lowest BCUT2D eigenvalue weighted by atomic mass is 10.1. The minimum absolute atomic E-state index is 0.124. The van der Waals surface area contributed by atoms with Crippen molar-refractivity contribution in [2.24, 2.45) is 5.73 Å². The number of thiophene rings is 1. The molecule has 0 aliphatic rings. The molecule has 0 aliphatic heterocycles. The van der Waals surface area contributed by atoms with Gasteiger partial charge >= 0.3 is 6.03 Å². The SMILES string of the molecule is NC(=O)Nc1ccc(NC(=O)Cc2ccc(NS(=O)(=O)c3cccs3)cc2)cc1. The maximum absolute atomic E-state index is 12.2. The first kappa shape index (κ1) is 20.4. The zero-order valence-corrected chi connectivity index (χ0v) is 16.7. The zero-order valence-electron chi connectivity index (χ0n) is 15.1. The number of carbonyl (C=O) groups is 2. The number of nitrogens with one attached hydrogen (secondary N) is 3. The predicted molar refractivity (Wildman–Crippen MR) is 114 cm³/mol. The maximum atomic E-state index is 12.2. The Hall–Kier alpha value is -3.37. The van der Waals surface area contributed by atoms with Gasteiger partial charge in [0.2, 0.25) is 5.91 Å². The van der Waals surface area contributed by atoms with Crippen LogP contribution < -0.4 is 21.1 Å². The molecule has 150 valence electrons. The molecule has 3 amide bonds. The maximum Gasteiger partial charge on any atom is 0.316 e.